The second-order valence-electron chi connectivity index (χ2n) is 5.39. The molecule has 1 unspecified atom stereocenters. The third-order valence-electron chi connectivity index (χ3n) is 3.39. The van der Waals surface area contributed by atoms with Crippen LogP contribution in [0.25, 0.3) is 0 Å². The lowest BCUT2D eigenvalue weighted by molar-refractivity contribution is 0.302. The summed E-state index contributed by atoms with van der Waals surface area (Å²) in [5.41, 5.74) is 9.44. The Morgan fingerprint density at radius 1 is 1.10 bits per heavy atom. The zero-order valence-electron chi connectivity index (χ0n) is 12.6. The molecule has 21 heavy (non-hydrogen) atoms. The van der Waals surface area contributed by atoms with Crippen molar-refractivity contribution in [2.24, 2.45) is 5.73 Å². The van der Waals surface area contributed by atoms with Gasteiger partial charge in [0.15, 0.2) is 0 Å². The molecule has 2 rings (SSSR count). The van der Waals surface area contributed by atoms with Crippen molar-refractivity contribution in [3.63, 3.8) is 0 Å². The van der Waals surface area contributed by atoms with Crippen LogP contribution in [0.15, 0.2) is 42.5 Å². The van der Waals surface area contributed by atoms with Crippen LogP contribution in [0.5, 0.6) is 5.75 Å². The van der Waals surface area contributed by atoms with Gasteiger partial charge in [-0.1, -0.05) is 42.8 Å². The number of hydrogen-bond acceptors (Lipinski definition) is 2. The first kappa shape index (κ1) is 15.9. The Morgan fingerprint density at radius 2 is 1.76 bits per heavy atom. The van der Waals surface area contributed by atoms with Gasteiger partial charge in [0.2, 0.25) is 0 Å². The van der Waals surface area contributed by atoms with Crippen LogP contribution in [-0.4, -0.2) is 6.04 Å². The number of benzene rings is 2. The van der Waals surface area contributed by atoms with E-state index in [0.29, 0.717) is 11.6 Å². The fourth-order valence-corrected chi connectivity index (χ4v) is 2.42. The molecule has 0 bridgehead atoms. The molecule has 0 saturated heterocycles. The lowest BCUT2D eigenvalue weighted by Gasteiger charge is -2.14. The van der Waals surface area contributed by atoms with E-state index in [1.54, 1.807) is 0 Å². The average molecular weight is 304 g/mol. The summed E-state index contributed by atoms with van der Waals surface area (Å²) in [6.07, 6.45) is 1.81. The maximum absolute atomic E-state index is 6.05. The van der Waals surface area contributed by atoms with Crippen LogP contribution in [0, 0.1) is 0 Å². The lowest BCUT2D eigenvalue weighted by Crippen LogP contribution is -2.18. The molecule has 0 radical (unpaired) electrons. The molecule has 0 aromatic heterocycles. The second-order valence-corrected chi connectivity index (χ2v) is 5.83. The number of halogens is 1. The van der Waals surface area contributed by atoms with Crippen LogP contribution in [0.4, 0.5) is 0 Å². The van der Waals surface area contributed by atoms with E-state index < -0.39 is 0 Å². The van der Waals surface area contributed by atoms with Crippen LogP contribution in [0.2, 0.25) is 5.02 Å². The highest BCUT2D eigenvalue weighted by molar-refractivity contribution is 6.30. The third kappa shape index (κ3) is 4.76. The van der Waals surface area contributed by atoms with Gasteiger partial charge >= 0.3 is 0 Å². The molecule has 0 aliphatic carbocycles. The average Bonchev–Trinajstić information content (AvgIpc) is 2.46. The summed E-state index contributed by atoms with van der Waals surface area (Å²) in [6.45, 7) is 4.69. The molecule has 2 N–H and O–H groups in total. The zero-order chi connectivity index (χ0) is 15.2. The van der Waals surface area contributed by atoms with Crippen LogP contribution in [0.1, 0.15) is 30.5 Å². The normalized spacial score (nSPS) is 12.2. The quantitative estimate of drug-likeness (QED) is 0.860. The molecule has 0 aliphatic heterocycles. The molecule has 0 spiro atoms. The molecular formula is C18H22ClNO. The predicted octanol–water partition coefficient (Wildman–Crippen LogP) is 4.37. The molecule has 112 valence electrons. The van der Waals surface area contributed by atoms with Gasteiger partial charge < -0.3 is 10.5 Å². The predicted molar refractivity (Wildman–Crippen MR) is 89.0 cm³/mol. The minimum Gasteiger partial charge on any atom is -0.489 e. The first-order chi connectivity index (χ1) is 10.1. The van der Waals surface area contributed by atoms with E-state index in [0.717, 1.165) is 29.7 Å². The van der Waals surface area contributed by atoms with E-state index >= 15 is 0 Å². The molecule has 2 aromatic rings. The van der Waals surface area contributed by atoms with Gasteiger partial charge in [-0.15, -0.1) is 0 Å². The topological polar surface area (TPSA) is 35.2 Å². The highest BCUT2D eigenvalue weighted by Gasteiger charge is 2.07. The van der Waals surface area contributed by atoms with E-state index in [9.17, 15) is 0 Å². The summed E-state index contributed by atoms with van der Waals surface area (Å²) in [6, 6.07) is 14.3. The van der Waals surface area contributed by atoms with Gasteiger partial charge in [0.25, 0.3) is 0 Å². The van der Waals surface area contributed by atoms with Crippen molar-refractivity contribution in [1.29, 1.82) is 0 Å². The van der Waals surface area contributed by atoms with Crippen molar-refractivity contribution >= 4 is 11.6 Å². The molecule has 0 aliphatic rings. The largest absolute Gasteiger partial charge is 0.489 e. The van der Waals surface area contributed by atoms with Gasteiger partial charge in [-0.3, -0.25) is 0 Å². The van der Waals surface area contributed by atoms with Gasteiger partial charge in [0.1, 0.15) is 12.4 Å². The Labute approximate surface area is 131 Å². The van der Waals surface area contributed by atoms with Crippen molar-refractivity contribution in [3.05, 3.63) is 64.2 Å². The molecule has 2 aromatic carbocycles. The van der Waals surface area contributed by atoms with Crippen LogP contribution in [0.3, 0.4) is 0 Å². The monoisotopic (exact) mass is 303 g/mol. The van der Waals surface area contributed by atoms with Crippen molar-refractivity contribution in [1.82, 2.24) is 0 Å². The fraction of sp³-hybridized carbons (Fsp3) is 0.333. The standard InChI is InChI=1S/C18H22ClNO/c1-3-14-4-6-15(7-5-14)12-21-18-9-8-17(19)11-16(18)10-13(2)20/h4-9,11,13H,3,10,12,20H2,1-2H3. The van der Waals surface area contributed by atoms with Crippen molar-refractivity contribution in [3.8, 4) is 5.75 Å². The first-order valence-electron chi connectivity index (χ1n) is 7.33. The van der Waals surface area contributed by atoms with E-state index in [2.05, 4.69) is 31.2 Å². The summed E-state index contributed by atoms with van der Waals surface area (Å²) >= 11 is 6.05. The van der Waals surface area contributed by atoms with E-state index in [1.807, 2.05) is 25.1 Å². The minimum absolute atomic E-state index is 0.0784. The lowest BCUT2D eigenvalue weighted by atomic mass is 10.1. The summed E-state index contributed by atoms with van der Waals surface area (Å²) in [5, 5.41) is 0.713. The number of nitrogens with two attached hydrogens (primary N) is 1. The van der Waals surface area contributed by atoms with Gasteiger partial charge in [-0.25, -0.2) is 0 Å². The summed E-state index contributed by atoms with van der Waals surface area (Å²) in [5.74, 6) is 0.858. The van der Waals surface area contributed by atoms with Crippen molar-refractivity contribution in [2.45, 2.75) is 39.3 Å². The second kappa shape index (κ2) is 7.48. The summed E-state index contributed by atoms with van der Waals surface area (Å²) in [4.78, 5) is 0. The number of hydrogen-bond donors (Lipinski definition) is 1. The molecule has 3 heteroatoms. The van der Waals surface area contributed by atoms with Crippen molar-refractivity contribution < 1.29 is 4.74 Å². The maximum atomic E-state index is 6.05. The van der Waals surface area contributed by atoms with E-state index in [1.165, 1.54) is 5.56 Å². The fourth-order valence-electron chi connectivity index (χ4n) is 2.23. The Kier molecular flexibility index (Phi) is 5.66. The smallest absolute Gasteiger partial charge is 0.123 e. The summed E-state index contributed by atoms with van der Waals surface area (Å²) < 4.78 is 5.94. The summed E-state index contributed by atoms with van der Waals surface area (Å²) in [7, 11) is 0. The Hall–Kier alpha value is -1.51. The van der Waals surface area contributed by atoms with E-state index in [4.69, 9.17) is 22.1 Å². The molecule has 0 amide bonds. The van der Waals surface area contributed by atoms with Crippen LogP contribution < -0.4 is 10.5 Å². The Balaban J connectivity index is 2.07. The van der Waals surface area contributed by atoms with Crippen molar-refractivity contribution in [2.75, 3.05) is 0 Å². The molecule has 0 saturated carbocycles. The first-order valence-corrected chi connectivity index (χ1v) is 7.71. The number of ether oxygens (including phenoxy) is 1. The molecule has 0 heterocycles. The van der Waals surface area contributed by atoms with Gasteiger partial charge in [0.05, 0.1) is 0 Å². The van der Waals surface area contributed by atoms with E-state index in [-0.39, 0.29) is 6.04 Å². The van der Waals surface area contributed by atoms with Crippen LogP contribution in [-0.2, 0) is 19.4 Å². The molecule has 0 fully saturated rings. The molecule has 1 atom stereocenters. The Bertz CT molecular complexity index is 578. The highest BCUT2D eigenvalue weighted by atomic mass is 35.5. The SMILES string of the molecule is CCc1ccc(COc2ccc(Cl)cc2CC(C)N)cc1. The van der Waals surface area contributed by atoms with Gasteiger partial charge in [-0.2, -0.15) is 0 Å². The Morgan fingerprint density at radius 3 is 2.38 bits per heavy atom. The molecular weight excluding hydrogens is 282 g/mol. The highest BCUT2D eigenvalue weighted by Crippen LogP contribution is 2.25. The third-order valence-corrected chi connectivity index (χ3v) is 3.63. The number of aryl methyl sites for hydroxylation is 1. The maximum Gasteiger partial charge on any atom is 0.123 e. The number of rotatable bonds is 6. The molecule has 2 nitrogen and oxygen atoms in total. The van der Waals surface area contributed by atoms with Crippen LogP contribution >= 0.6 is 11.6 Å². The zero-order valence-corrected chi connectivity index (χ0v) is 13.4. The van der Waals surface area contributed by atoms with Gasteiger partial charge in [-0.05, 0) is 54.7 Å². The minimum atomic E-state index is 0.0784. The van der Waals surface area contributed by atoms with Gasteiger partial charge in [0, 0.05) is 11.1 Å².